The van der Waals surface area contributed by atoms with E-state index in [0.717, 1.165) is 25.1 Å². The van der Waals surface area contributed by atoms with Gasteiger partial charge >= 0.3 is 6.03 Å². The predicted molar refractivity (Wildman–Crippen MR) is 87.9 cm³/mol. The minimum absolute atomic E-state index is 0.0363. The number of urea groups is 1. The lowest BCUT2D eigenvalue weighted by Gasteiger charge is -2.23. The van der Waals surface area contributed by atoms with Crippen LogP contribution in [0, 0.1) is 0 Å². The summed E-state index contributed by atoms with van der Waals surface area (Å²) in [5.41, 5.74) is 0.793. The summed E-state index contributed by atoms with van der Waals surface area (Å²) in [6.07, 6.45) is 1.84. The van der Waals surface area contributed by atoms with Gasteiger partial charge in [-0.2, -0.15) is 0 Å². The smallest absolute Gasteiger partial charge is 0.322 e. The standard InChI is InChI=1S/C16H24N2O2S/c1-16(2,3)21-14-8-6-12(7-9-14)17-15(20)18-10-4-5-13(18)11-19/h6-9,13,19H,4-5,10-11H2,1-3H3,(H,17,20)/t13-/m0/s1. The average Bonchev–Trinajstić information content (AvgIpc) is 2.87. The SMILES string of the molecule is CC(C)(C)Sc1ccc(NC(=O)N2CCC[C@H]2CO)cc1. The molecular formula is C16H24N2O2S. The van der Waals surface area contributed by atoms with Gasteiger partial charge in [0.2, 0.25) is 0 Å². The third-order valence-electron chi connectivity index (χ3n) is 3.38. The Bertz CT molecular complexity index is 482. The van der Waals surface area contributed by atoms with Gasteiger partial charge in [-0.1, -0.05) is 20.8 Å². The number of thioether (sulfide) groups is 1. The third kappa shape index (κ3) is 4.64. The Kier molecular flexibility index (Phi) is 5.17. The van der Waals surface area contributed by atoms with Crippen LogP contribution in [0.1, 0.15) is 33.6 Å². The maximum Gasteiger partial charge on any atom is 0.322 e. The molecule has 0 unspecified atom stereocenters. The summed E-state index contributed by atoms with van der Waals surface area (Å²) in [5, 5.41) is 12.2. The number of rotatable bonds is 3. The highest BCUT2D eigenvalue weighted by molar-refractivity contribution is 8.00. The van der Waals surface area contributed by atoms with E-state index in [0.29, 0.717) is 0 Å². The van der Waals surface area contributed by atoms with Crippen molar-refractivity contribution in [1.82, 2.24) is 4.90 Å². The number of carbonyl (C=O) groups excluding carboxylic acids is 1. The van der Waals surface area contributed by atoms with Gasteiger partial charge in [0.1, 0.15) is 0 Å². The molecule has 1 fully saturated rings. The number of nitrogens with one attached hydrogen (secondary N) is 1. The summed E-state index contributed by atoms with van der Waals surface area (Å²) in [5.74, 6) is 0. The fourth-order valence-corrected chi connectivity index (χ4v) is 3.43. The van der Waals surface area contributed by atoms with Crippen LogP contribution >= 0.6 is 11.8 Å². The topological polar surface area (TPSA) is 52.6 Å². The fourth-order valence-electron chi connectivity index (χ4n) is 2.45. The molecule has 0 aliphatic carbocycles. The molecule has 4 nitrogen and oxygen atoms in total. The number of benzene rings is 1. The molecule has 1 aliphatic rings. The highest BCUT2D eigenvalue weighted by Crippen LogP contribution is 2.32. The average molecular weight is 308 g/mol. The van der Waals surface area contributed by atoms with Gasteiger partial charge in [0.15, 0.2) is 0 Å². The molecule has 1 aliphatic heterocycles. The van der Waals surface area contributed by atoms with Crippen LogP contribution in [-0.4, -0.2) is 40.0 Å². The molecule has 0 spiro atoms. The maximum absolute atomic E-state index is 12.2. The molecule has 0 aromatic heterocycles. The van der Waals surface area contributed by atoms with E-state index in [-0.39, 0.29) is 23.4 Å². The summed E-state index contributed by atoms with van der Waals surface area (Å²) in [6.45, 7) is 7.28. The lowest BCUT2D eigenvalue weighted by molar-refractivity contribution is 0.166. The number of hydrogen-bond acceptors (Lipinski definition) is 3. The summed E-state index contributed by atoms with van der Waals surface area (Å²) in [6, 6.07) is 7.74. The van der Waals surface area contributed by atoms with Gasteiger partial charge in [-0.05, 0) is 37.1 Å². The molecule has 5 heteroatoms. The van der Waals surface area contributed by atoms with Crippen LogP contribution in [0.25, 0.3) is 0 Å². The molecule has 1 atom stereocenters. The molecule has 2 rings (SSSR count). The van der Waals surface area contributed by atoms with E-state index in [2.05, 4.69) is 26.1 Å². The number of aliphatic hydroxyl groups is 1. The molecular weight excluding hydrogens is 284 g/mol. The summed E-state index contributed by atoms with van der Waals surface area (Å²) < 4.78 is 0.175. The van der Waals surface area contributed by atoms with E-state index >= 15 is 0 Å². The highest BCUT2D eigenvalue weighted by atomic mass is 32.2. The first kappa shape index (κ1) is 16.2. The minimum Gasteiger partial charge on any atom is -0.394 e. The Morgan fingerprint density at radius 3 is 2.62 bits per heavy atom. The molecule has 1 saturated heterocycles. The minimum atomic E-state index is -0.122. The summed E-state index contributed by atoms with van der Waals surface area (Å²) in [7, 11) is 0. The van der Waals surface area contributed by atoms with E-state index in [1.54, 1.807) is 16.7 Å². The predicted octanol–water partition coefficient (Wildman–Crippen LogP) is 3.57. The lowest BCUT2D eigenvalue weighted by atomic mass is 10.2. The van der Waals surface area contributed by atoms with Crippen molar-refractivity contribution in [1.29, 1.82) is 0 Å². The van der Waals surface area contributed by atoms with E-state index in [9.17, 15) is 9.90 Å². The normalized spacial score (nSPS) is 18.9. The van der Waals surface area contributed by atoms with Crippen LogP contribution in [0.3, 0.4) is 0 Å². The second-order valence-corrected chi connectivity index (χ2v) is 8.24. The number of nitrogens with zero attached hydrogens (tertiary/aromatic N) is 1. The van der Waals surface area contributed by atoms with Crippen LogP contribution < -0.4 is 5.32 Å². The molecule has 0 bridgehead atoms. The fraction of sp³-hybridized carbons (Fsp3) is 0.562. The zero-order valence-corrected chi connectivity index (χ0v) is 13.7. The molecule has 0 saturated carbocycles. The Labute approximate surface area is 130 Å². The monoisotopic (exact) mass is 308 g/mol. The van der Waals surface area contributed by atoms with E-state index in [4.69, 9.17) is 0 Å². The number of carbonyl (C=O) groups is 1. The van der Waals surface area contributed by atoms with Gasteiger partial charge in [0.05, 0.1) is 12.6 Å². The van der Waals surface area contributed by atoms with Gasteiger partial charge < -0.3 is 15.3 Å². The van der Waals surface area contributed by atoms with Crippen LogP contribution in [0.15, 0.2) is 29.2 Å². The van der Waals surface area contributed by atoms with Crippen LogP contribution in [0.2, 0.25) is 0 Å². The van der Waals surface area contributed by atoms with Crippen molar-refractivity contribution in [2.75, 3.05) is 18.5 Å². The van der Waals surface area contributed by atoms with Crippen LogP contribution in [-0.2, 0) is 0 Å². The summed E-state index contributed by atoms with van der Waals surface area (Å²) in [4.78, 5) is 15.1. The summed E-state index contributed by atoms with van der Waals surface area (Å²) >= 11 is 1.80. The number of anilines is 1. The number of hydrogen-bond donors (Lipinski definition) is 2. The number of likely N-dealkylation sites (tertiary alicyclic amines) is 1. The van der Waals surface area contributed by atoms with Gasteiger partial charge in [0, 0.05) is 21.9 Å². The first-order chi connectivity index (χ1) is 9.89. The van der Waals surface area contributed by atoms with Crippen molar-refractivity contribution < 1.29 is 9.90 Å². The van der Waals surface area contributed by atoms with Gasteiger partial charge in [-0.25, -0.2) is 4.79 Å². The number of amides is 2. The van der Waals surface area contributed by atoms with Gasteiger partial charge in [0.25, 0.3) is 0 Å². The Balaban J connectivity index is 1.95. The quantitative estimate of drug-likeness (QED) is 0.839. The van der Waals surface area contributed by atoms with Crippen LogP contribution in [0.5, 0.6) is 0 Å². The molecule has 1 aromatic carbocycles. The Morgan fingerprint density at radius 1 is 1.38 bits per heavy atom. The van der Waals surface area contributed by atoms with E-state index in [1.165, 1.54) is 4.90 Å². The second-order valence-electron chi connectivity index (χ2n) is 6.34. The molecule has 2 amide bonds. The van der Waals surface area contributed by atoms with Crippen molar-refractivity contribution in [2.24, 2.45) is 0 Å². The highest BCUT2D eigenvalue weighted by Gasteiger charge is 2.27. The van der Waals surface area contributed by atoms with Crippen molar-refractivity contribution >= 4 is 23.5 Å². The van der Waals surface area contributed by atoms with Crippen molar-refractivity contribution in [3.05, 3.63) is 24.3 Å². The van der Waals surface area contributed by atoms with Crippen LogP contribution in [0.4, 0.5) is 10.5 Å². The zero-order chi connectivity index (χ0) is 15.5. The third-order valence-corrected chi connectivity index (χ3v) is 4.50. The molecule has 1 aromatic rings. The second kappa shape index (κ2) is 6.71. The Morgan fingerprint density at radius 2 is 2.05 bits per heavy atom. The zero-order valence-electron chi connectivity index (χ0n) is 12.9. The molecule has 1 heterocycles. The van der Waals surface area contributed by atoms with Crippen molar-refractivity contribution in [3.63, 3.8) is 0 Å². The molecule has 0 radical (unpaired) electrons. The van der Waals surface area contributed by atoms with Gasteiger partial charge in [-0.3, -0.25) is 0 Å². The van der Waals surface area contributed by atoms with E-state index in [1.807, 2.05) is 24.3 Å². The van der Waals surface area contributed by atoms with Crippen molar-refractivity contribution in [3.8, 4) is 0 Å². The lowest BCUT2D eigenvalue weighted by Crippen LogP contribution is -2.40. The molecule has 116 valence electrons. The largest absolute Gasteiger partial charge is 0.394 e. The van der Waals surface area contributed by atoms with Gasteiger partial charge in [-0.15, -0.1) is 11.8 Å². The first-order valence-electron chi connectivity index (χ1n) is 7.36. The number of aliphatic hydroxyl groups excluding tert-OH is 1. The maximum atomic E-state index is 12.2. The Hall–Kier alpha value is -1.20. The van der Waals surface area contributed by atoms with Crippen molar-refractivity contribution in [2.45, 2.75) is 49.3 Å². The first-order valence-corrected chi connectivity index (χ1v) is 8.18. The molecule has 21 heavy (non-hydrogen) atoms. The molecule has 2 N–H and O–H groups in total. The van der Waals surface area contributed by atoms with E-state index < -0.39 is 0 Å².